The molecule has 0 radical (unpaired) electrons. The Morgan fingerprint density at radius 1 is 1.48 bits per heavy atom. The molecule has 1 saturated heterocycles. The van der Waals surface area contributed by atoms with Crippen LogP contribution in [0.2, 0.25) is 0 Å². The van der Waals surface area contributed by atoms with E-state index in [1.54, 1.807) is 0 Å². The Labute approximate surface area is 153 Å². The molecule has 10 heteroatoms. The highest BCUT2D eigenvalue weighted by Crippen LogP contribution is 2.28. The first-order valence-electron chi connectivity index (χ1n) is 7.42. The average molecular weight is 402 g/mol. The lowest BCUT2D eigenvalue weighted by molar-refractivity contribution is -0.124. The molecule has 1 amide bonds. The first-order valence-corrected chi connectivity index (χ1v) is 10.9. The monoisotopic (exact) mass is 401 g/mol. The van der Waals surface area contributed by atoms with Gasteiger partial charge in [-0.15, -0.1) is 23.1 Å². The molecular formula is C15H16FN3O3S3. The molecule has 0 spiro atoms. The van der Waals surface area contributed by atoms with Gasteiger partial charge in [-0.2, -0.15) is 4.31 Å². The van der Waals surface area contributed by atoms with Crippen LogP contribution in [0.1, 0.15) is 10.7 Å². The number of hydrogen-bond acceptors (Lipinski definition) is 6. The lowest BCUT2D eigenvalue weighted by Gasteiger charge is -2.22. The summed E-state index contributed by atoms with van der Waals surface area (Å²) < 4.78 is 40.0. The Hall–Kier alpha value is -1.49. The smallest absolute Gasteiger partial charge is 0.244 e. The summed E-state index contributed by atoms with van der Waals surface area (Å²) in [5.74, 6) is -0.494. The summed E-state index contributed by atoms with van der Waals surface area (Å²) in [4.78, 5) is 16.6. The van der Waals surface area contributed by atoms with Gasteiger partial charge < -0.3 is 5.32 Å². The molecule has 1 unspecified atom stereocenters. The van der Waals surface area contributed by atoms with Crippen LogP contribution in [-0.4, -0.2) is 41.3 Å². The first-order chi connectivity index (χ1) is 11.9. The topological polar surface area (TPSA) is 79.4 Å². The van der Waals surface area contributed by atoms with E-state index in [4.69, 9.17) is 0 Å². The van der Waals surface area contributed by atoms with Crippen LogP contribution in [0.5, 0.6) is 0 Å². The minimum atomic E-state index is -3.94. The summed E-state index contributed by atoms with van der Waals surface area (Å²) >= 11 is 2.83. The number of nitrogens with zero attached hydrogens (tertiary/aromatic N) is 2. The molecule has 25 heavy (non-hydrogen) atoms. The van der Waals surface area contributed by atoms with Gasteiger partial charge in [-0.3, -0.25) is 4.79 Å². The van der Waals surface area contributed by atoms with Crippen LogP contribution in [0.25, 0.3) is 0 Å². The number of nitrogens with one attached hydrogen (secondary N) is 1. The average Bonchev–Trinajstić information content (AvgIpc) is 3.22. The van der Waals surface area contributed by atoms with Crippen LogP contribution in [-0.2, 0) is 21.4 Å². The molecule has 1 N–H and O–H groups in total. The molecule has 2 heterocycles. The number of rotatable bonds is 5. The summed E-state index contributed by atoms with van der Waals surface area (Å²) in [7, 11) is -3.94. The second-order valence-electron chi connectivity index (χ2n) is 5.44. The van der Waals surface area contributed by atoms with Crippen molar-refractivity contribution in [3.8, 4) is 0 Å². The van der Waals surface area contributed by atoms with E-state index in [9.17, 15) is 17.6 Å². The van der Waals surface area contributed by atoms with E-state index in [1.807, 2.05) is 12.3 Å². The molecule has 1 aliphatic rings. The lowest BCUT2D eigenvalue weighted by atomic mass is 10.3. The molecule has 0 bridgehead atoms. The Kier molecular flexibility index (Phi) is 5.42. The number of aryl methyl sites for hydroxylation is 1. The number of amides is 1. The fourth-order valence-corrected chi connectivity index (χ4v) is 6.21. The fraction of sp³-hybridized carbons (Fsp3) is 0.333. The van der Waals surface area contributed by atoms with E-state index in [0.717, 1.165) is 21.1 Å². The Morgan fingerprint density at radius 3 is 2.96 bits per heavy atom. The zero-order valence-corrected chi connectivity index (χ0v) is 15.8. The van der Waals surface area contributed by atoms with Gasteiger partial charge >= 0.3 is 0 Å². The van der Waals surface area contributed by atoms with Crippen LogP contribution in [0.4, 0.5) is 4.39 Å². The van der Waals surface area contributed by atoms with E-state index in [1.165, 1.54) is 41.3 Å². The van der Waals surface area contributed by atoms with Gasteiger partial charge in [-0.1, -0.05) is 6.07 Å². The minimum absolute atomic E-state index is 0.150. The van der Waals surface area contributed by atoms with Crippen LogP contribution < -0.4 is 5.32 Å². The van der Waals surface area contributed by atoms with E-state index in [0.29, 0.717) is 5.75 Å². The highest BCUT2D eigenvalue weighted by atomic mass is 32.2. The molecule has 134 valence electrons. The van der Waals surface area contributed by atoms with Crippen molar-refractivity contribution in [2.75, 3.05) is 11.6 Å². The van der Waals surface area contributed by atoms with E-state index in [2.05, 4.69) is 10.3 Å². The third-order valence-electron chi connectivity index (χ3n) is 3.66. The summed E-state index contributed by atoms with van der Waals surface area (Å²) in [5.41, 5.74) is 0.737. The third kappa shape index (κ3) is 4.02. The minimum Gasteiger partial charge on any atom is -0.349 e. The number of carbonyl (C=O) groups is 1. The molecule has 1 aliphatic heterocycles. The zero-order chi connectivity index (χ0) is 18.0. The summed E-state index contributed by atoms with van der Waals surface area (Å²) in [5, 5.41) is 5.48. The standard InChI is InChI=1S/C15H16FN3O3S3/c1-10-18-12(7-24-10)6-17-15(20)14-8-23-9-19(14)25(21,22)13-4-2-3-11(16)5-13/h2-5,7,14H,6,8-9H2,1H3,(H,17,20). The van der Waals surface area contributed by atoms with Crippen molar-refractivity contribution in [1.82, 2.24) is 14.6 Å². The van der Waals surface area contributed by atoms with Crippen molar-refractivity contribution in [2.45, 2.75) is 24.4 Å². The van der Waals surface area contributed by atoms with E-state index >= 15 is 0 Å². The van der Waals surface area contributed by atoms with Gasteiger partial charge in [0.05, 0.1) is 28.0 Å². The molecule has 6 nitrogen and oxygen atoms in total. The maximum atomic E-state index is 13.4. The Morgan fingerprint density at radius 2 is 2.28 bits per heavy atom. The number of halogens is 1. The number of hydrogen-bond donors (Lipinski definition) is 1. The van der Waals surface area contributed by atoms with Crippen LogP contribution in [0.3, 0.4) is 0 Å². The van der Waals surface area contributed by atoms with Crippen molar-refractivity contribution < 1.29 is 17.6 Å². The summed E-state index contributed by atoms with van der Waals surface area (Å²) in [6.45, 7) is 2.12. The predicted molar refractivity (Wildman–Crippen MR) is 95.2 cm³/mol. The highest BCUT2D eigenvalue weighted by molar-refractivity contribution is 8.00. The first kappa shape index (κ1) is 18.3. The van der Waals surface area contributed by atoms with E-state index in [-0.39, 0.29) is 23.2 Å². The zero-order valence-electron chi connectivity index (χ0n) is 13.3. The number of benzene rings is 1. The van der Waals surface area contributed by atoms with Crippen molar-refractivity contribution in [2.24, 2.45) is 0 Å². The van der Waals surface area contributed by atoms with Gasteiger partial charge in [0.15, 0.2) is 0 Å². The molecular weight excluding hydrogens is 385 g/mol. The van der Waals surface area contributed by atoms with Gasteiger partial charge in [-0.05, 0) is 25.1 Å². The van der Waals surface area contributed by atoms with Gasteiger partial charge in [0.2, 0.25) is 15.9 Å². The fourth-order valence-electron chi connectivity index (χ4n) is 2.42. The number of carbonyl (C=O) groups excluding carboxylic acids is 1. The maximum Gasteiger partial charge on any atom is 0.244 e. The van der Waals surface area contributed by atoms with Crippen molar-refractivity contribution in [1.29, 1.82) is 0 Å². The molecule has 1 fully saturated rings. The highest BCUT2D eigenvalue weighted by Gasteiger charge is 2.40. The van der Waals surface area contributed by atoms with Crippen LogP contribution in [0.15, 0.2) is 34.5 Å². The molecule has 1 aromatic carbocycles. The Balaban J connectivity index is 1.74. The quantitative estimate of drug-likeness (QED) is 0.829. The van der Waals surface area contributed by atoms with Crippen LogP contribution >= 0.6 is 23.1 Å². The number of sulfonamides is 1. The van der Waals surface area contributed by atoms with Crippen LogP contribution in [0, 0.1) is 12.7 Å². The van der Waals surface area contributed by atoms with Gasteiger partial charge in [-0.25, -0.2) is 17.8 Å². The predicted octanol–water partition coefficient (Wildman–Crippen LogP) is 1.97. The van der Waals surface area contributed by atoms with E-state index < -0.39 is 21.9 Å². The third-order valence-corrected chi connectivity index (χ3v) is 7.51. The normalized spacial score (nSPS) is 18.4. The molecule has 1 atom stereocenters. The molecule has 2 aromatic rings. The van der Waals surface area contributed by atoms with Gasteiger partial charge in [0, 0.05) is 11.1 Å². The van der Waals surface area contributed by atoms with Crippen molar-refractivity contribution in [3.63, 3.8) is 0 Å². The SMILES string of the molecule is Cc1nc(CNC(=O)C2CSCN2S(=O)(=O)c2cccc(F)c2)cs1. The number of thioether (sulfide) groups is 1. The maximum absolute atomic E-state index is 13.4. The van der Waals surface area contributed by atoms with Crippen molar-refractivity contribution >= 4 is 39.0 Å². The number of thiazole rings is 1. The molecule has 3 rings (SSSR count). The summed E-state index contributed by atoms with van der Waals surface area (Å²) in [6, 6.07) is 3.99. The summed E-state index contributed by atoms with van der Waals surface area (Å²) in [6.07, 6.45) is 0. The van der Waals surface area contributed by atoms with Gasteiger partial charge in [0.1, 0.15) is 11.9 Å². The van der Waals surface area contributed by atoms with Gasteiger partial charge in [0.25, 0.3) is 0 Å². The van der Waals surface area contributed by atoms with Crippen molar-refractivity contribution in [3.05, 3.63) is 46.2 Å². The molecule has 0 aliphatic carbocycles. The second-order valence-corrected chi connectivity index (χ2v) is 9.39. The largest absolute Gasteiger partial charge is 0.349 e. The number of aromatic nitrogens is 1. The Bertz CT molecular complexity index is 885. The lowest BCUT2D eigenvalue weighted by Crippen LogP contribution is -2.47. The second kappa shape index (κ2) is 7.40. The molecule has 1 aromatic heterocycles. The molecule has 0 saturated carbocycles.